The zero-order valence-corrected chi connectivity index (χ0v) is 9.68. The first-order chi connectivity index (χ1) is 8.75. The standard InChI is InChI=1S/C15H12N2O/c16-11-7-5-10(6-8-11)15(18)13-9-17-14-4-2-1-3-12(13)14/h1-9,17H,16H2. The average Bonchev–Trinajstić information content (AvgIpc) is 2.82. The van der Waals surface area contributed by atoms with Gasteiger partial charge in [-0.1, -0.05) is 18.2 Å². The van der Waals surface area contributed by atoms with Gasteiger partial charge in [0.1, 0.15) is 0 Å². The fraction of sp³-hybridized carbons (Fsp3) is 0. The summed E-state index contributed by atoms with van der Waals surface area (Å²) in [7, 11) is 0. The number of benzene rings is 2. The Hall–Kier alpha value is -2.55. The van der Waals surface area contributed by atoms with Crippen LogP contribution in [0.5, 0.6) is 0 Å². The molecule has 18 heavy (non-hydrogen) atoms. The summed E-state index contributed by atoms with van der Waals surface area (Å²) < 4.78 is 0. The highest BCUT2D eigenvalue weighted by Crippen LogP contribution is 2.21. The van der Waals surface area contributed by atoms with Gasteiger partial charge in [0.05, 0.1) is 0 Å². The summed E-state index contributed by atoms with van der Waals surface area (Å²) in [4.78, 5) is 15.5. The maximum absolute atomic E-state index is 12.4. The third-order valence-corrected chi connectivity index (χ3v) is 3.01. The lowest BCUT2D eigenvalue weighted by atomic mass is 10.0. The number of anilines is 1. The molecular weight excluding hydrogens is 224 g/mol. The Bertz CT molecular complexity index is 711. The molecule has 3 heteroatoms. The number of carbonyl (C=O) groups excluding carboxylic acids is 1. The number of H-pyrrole nitrogens is 1. The van der Waals surface area contributed by atoms with E-state index in [4.69, 9.17) is 5.73 Å². The molecule has 0 spiro atoms. The fourth-order valence-corrected chi connectivity index (χ4v) is 2.05. The van der Waals surface area contributed by atoms with E-state index in [-0.39, 0.29) is 5.78 Å². The number of rotatable bonds is 2. The van der Waals surface area contributed by atoms with Crippen LogP contribution in [0.1, 0.15) is 15.9 Å². The second-order valence-electron chi connectivity index (χ2n) is 4.20. The predicted octanol–water partition coefficient (Wildman–Crippen LogP) is 2.98. The van der Waals surface area contributed by atoms with Gasteiger partial charge in [-0.05, 0) is 30.3 Å². The van der Waals surface area contributed by atoms with Crippen LogP contribution in [-0.4, -0.2) is 10.8 Å². The van der Waals surface area contributed by atoms with Gasteiger partial charge in [-0.25, -0.2) is 0 Å². The minimum absolute atomic E-state index is 0.00690. The normalized spacial score (nSPS) is 10.7. The molecule has 1 aromatic heterocycles. The van der Waals surface area contributed by atoms with Gasteiger partial charge in [0, 0.05) is 33.9 Å². The SMILES string of the molecule is Nc1ccc(C(=O)c2c[nH]c3ccccc23)cc1. The number of aromatic nitrogens is 1. The monoisotopic (exact) mass is 236 g/mol. The number of nitrogen functional groups attached to an aromatic ring is 1. The Labute approximate surface area is 104 Å². The van der Waals surface area contributed by atoms with Gasteiger partial charge in [0.25, 0.3) is 0 Å². The minimum atomic E-state index is 0.00690. The van der Waals surface area contributed by atoms with E-state index in [0.717, 1.165) is 10.9 Å². The van der Waals surface area contributed by atoms with Gasteiger partial charge >= 0.3 is 0 Å². The van der Waals surface area contributed by atoms with Crippen molar-refractivity contribution in [2.75, 3.05) is 5.73 Å². The first-order valence-electron chi connectivity index (χ1n) is 5.72. The number of para-hydroxylation sites is 1. The van der Waals surface area contributed by atoms with Gasteiger partial charge in [-0.15, -0.1) is 0 Å². The molecule has 0 radical (unpaired) electrons. The van der Waals surface area contributed by atoms with Gasteiger partial charge in [0.2, 0.25) is 0 Å². The molecule has 88 valence electrons. The third kappa shape index (κ3) is 1.66. The number of aromatic amines is 1. The Balaban J connectivity index is 2.09. The summed E-state index contributed by atoms with van der Waals surface area (Å²) in [5.74, 6) is 0.00690. The van der Waals surface area contributed by atoms with Crippen molar-refractivity contribution in [3.8, 4) is 0 Å². The molecular formula is C15H12N2O. The molecule has 0 aliphatic heterocycles. The van der Waals surface area contributed by atoms with Crippen molar-refractivity contribution in [2.24, 2.45) is 0 Å². The molecule has 0 amide bonds. The first kappa shape index (κ1) is 10.6. The molecule has 0 unspecified atom stereocenters. The van der Waals surface area contributed by atoms with Crippen molar-refractivity contribution in [3.05, 3.63) is 65.9 Å². The Morgan fingerprint density at radius 3 is 2.50 bits per heavy atom. The van der Waals surface area contributed by atoms with E-state index in [9.17, 15) is 4.79 Å². The second kappa shape index (κ2) is 4.04. The molecule has 0 atom stereocenters. The highest BCUT2D eigenvalue weighted by Gasteiger charge is 2.13. The molecule has 0 bridgehead atoms. The third-order valence-electron chi connectivity index (χ3n) is 3.01. The van der Waals surface area contributed by atoms with Crippen LogP contribution >= 0.6 is 0 Å². The van der Waals surface area contributed by atoms with Crippen LogP contribution in [0.25, 0.3) is 10.9 Å². The molecule has 3 N–H and O–H groups in total. The lowest BCUT2D eigenvalue weighted by Crippen LogP contribution is -2.00. The predicted molar refractivity (Wildman–Crippen MR) is 72.6 cm³/mol. The quantitative estimate of drug-likeness (QED) is 0.531. The van der Waals surface area contributed by atoms with Gasteiger partial charge in [-0.3, -0.25) is 4.79 Å². The molecule has 3 rings (SSSR count). The molecule has 2 aromatic carbocycles. The summed E-state index contributed by atoms with van der Waals surface area (Å²) >= 11 is 0. The second-order valence-corrected chi connectivity index (χ2v) is 4.20. The smallest absolute Gasteiger partial charge is 0.195 e. The summed E-state index contributed by atoms with van der Waals surface area (Å²) in [6.45, 7) is 0. The highest BCUT2D eigenvalue weighted by atomic mass is 16.1. The lowest BCUT2D eigenvalue weighted by Gasteiger charge is -2.00. The Kier molecular flexibility index (Phi) is 2.38. The van der Waals surface area contributed by atoms with Gasteiger partial charge in [0.15, 0.2) is 5.78 Å². The van der Waals surface area contributed by atoms with E-state index in [1.165, 1.54) is 0 Å². The van der Waals surface area contributed by atoms with Crippen LogP contribution in [0.2, 0.25) is 0 Å². The van der Waals surface area contributed by atoms with E-state index in [0.29, 0.717) is 16.8 Å². The number of ketones is 1. The van der Waals surface area contributed by atoms with Crippen molar-refractivity contribution >= 4 is 22.4 Å². The molecule has 3 nitrogen and oxygen atoms in total. The van der Waals surface area contributed by atoms with Crippen LogP contribution in [0.15, 0.2) is 54.7 Å². The van der Waals surface area contributed by atoms with Crippen molar-refractivity contribution in [1.29, 1.82) is 0 Å². The maximum atomic E-state index is 12.4. The fourth-order valence-electron chi connectivity index (χ4n) is 2.05. The van der Waals surface area contributed by atoms with Crippen LogP contribution in [0.3, 0.4) is 0 Å². The summed E-state index contributed by atoms with van der Waals surface area (Å²) in [6, 6.07) is 14.7. The van der Waals surface area contributed by atoms with E-state index < -0.39 is 0 Å². The van der Waals surface area contributed by atoms with E-state index in [1.807, 2.05) is 24.3 Å². The van der Waals surface area contributed by atoms with Crippen molar-refractivity contribution in [2.45, 2.75) is 0 Å². The van der Waals surface area contributed by atoms with E-state index in [1.54, 1.807) is 30.5 Å². The minimum Gasteiger partial charge on any atom is -0.399 e. The van der Waals surface area contributed by atoms with Crippen molar-refractivity contribution in [3.63, 3.8) is 0 Å². The highest BCUT2D eigenvalue weighted by molar-refractivity contribution is 6.16. The summed E-state index contributed by atoms with van der Waals surface area (Å²) in [5.41, 5.74) is 8.58. The molecule has 1 heterocycles. The number of hydrogen-bond acceptors (Lipinski definition) is 2. The number of nitrogens with one attached hydrogen (secondary N) is 1. The van der Waals surface area contributed by atoms with Crippen LogP contribution in [0, 0.1) is 0 Å². The van der Waals surface area contributed by atoms with E-state index >= 15 is 0 Å². The average molecular weight is 236 g/mol. The lowest BCUT2D eigenvalue weighted by molar-refractivity contribution is 0.104. The molecule has 0 aliphatic carbocycles. The van der Waals surface area contributed by atoms with Crippen molar-refractivity contribution in [1.82, 2.24) is 4.98 Å². The number of fused-ring (bicyclic) bond motifs is 1. The van der Waals surface area contributed by atoms with E-state index in [2.05, 4.69) is 4.98 Å². The van der Waals surface area contributed by atoms with Crippen LogP contribution in [-0.2, 0) is 0 Å². The van der Waals surface area contributed by atoms with Crippen LogP contribution < -0.4 is 5.73 Å². The zero-order valence-electron chi connectivity index (χ0n) is 9.68. The molecule has 0 saturated carbocycles. The van der Waals surface area contributed by atoms with Crippen LogP contribution in [0.4, 0.5) is 5.69 Å². The molecule has 0 aliphatic rings. The zero-order chi connectivity index (χ0) is 12.5. The number of hydrogen-bond donors (Lipinski definition) is 2. The molecule has 0 fully saturated rings. The summed E-state index contributed by atoms with van der Waals surface area (Å²) in [6.07, 6.45) is 1.75. The van der Waals surface area contributed by atoms with Crippen molar-refractivity contribution < 1.29 is 4.79 Å². The molecule has 3 aromatic rings. The molecule has 0 saturated heterocycles. The Morgan fingerprint density at radius 2 is 1.72 bits per heavy atom. The Morgan fingerprint density at radius 1 is 1.00 bits per heavy atom. The largest absolute Gasteiger partial charge is 0.399 e. The maximum Gasteiger partial charge on any atom is 0.195 e. The topological polar surface area (TPSA) is 58.9 Å². The summed E-state index contributed by atoms with van der Waals surface area (Å²) in [5, 5.41) is 0.944. The number of carbonyl (C=O) groups is 1. The van der Waals surface area contributed by atoms with Gasteiger partial charge < -0.3 is 10.7 Å². The van der Waals surface area contributed by atoms with Gasteiger partial charge in [-0.2, -0.15) is 0 Å². The first-order valence-corrected chi connectivity index (χ1v) is 5.72. The number of nitrogens with two attached hydrogens (primary N) is 1.